The van der Waals surface area contributed by atoms with Gasteiger partial charge in [-0.15, -0.1) is 0 Å². The average molecular weight is 249 g/mol. The highest BCUT2D eigenvalue weighted by Gasteiger charge is 1.92. The van der Waals surface area contributed by atoms with E-state index in [0.717, 1.165) is 5.03 Å². The SMILES string of the molecule is C=C/C=C(\N=C)SSCCO.C=O.CC. The van der Waals surface area contributed by atoms with Crippen LogP contribution in [0.25, 0.3) is 0 Å². The molecule has 0 atom stereocenters. The lowest BCUT2D eigenvalue weighted by molar-refractivity contribution is -0.0979. The van der Waals surface area contributed by atoms with E-state index in [-0.39, 0.29) is 6.61 Å². The van der Waals surface area contributed by atoms with Crippen LogP contribution in [0.3, 0.4) is 0 Å². The smallest absolute Gasteiger partial charge is 0.106 e. The van der Waals surface area contributed by atoms with Gasteiger partial charge in [0.25, 0.3) is 0 Å². The van der Waals surface area contributed by atoms with E-state index in [1.54, 1.807) is 22.9 Å². The van der Waals surface area contributed by atoms with Crippen LogP contribution < -0.4 is 0 Å². The molecule has 88 valence electrons. The Kier molecular flexibility index (Phi) is 31.1. The van der Waals surface area contributed by atoms with Gasteiger partial charge in [-0.2, -0.15) is 0 Å². The molecule has 0 saturated heterocycles. The van der Waals surface area contributed by atoms with Gasteiger partial charge in [-0.25, -0.2) is 0 Å². The van der Waals surface area contributed by atoms with Crippen molar-refractivity contribution in [2.75, 3.05) is 12.4 Å². The molecule has 5 heteroatoms. The Morgan fingerprint density at radius 1 is 1.47 bits per heavy atom. The highest BCUT2D eigenvalue weighted by atomic mass is 33.1. The van der Waals surface area contributed by atoms with Crippen LogP contribution in [0.2, 0.25) is 0 Å². The van der Waals surface area contributed by atoms with Crippen LogP contribution in [-0.2, 0) is 4.79 Å². The summed E-state index contributed by atoms with van der Waals surface area (Å²) >= 11 is 0. The standard InChI is InChI=1S/C7H11NOS2.C2H6.CH2O/c1-3-4-7(8-2)11-10-6-5-9;2*1-2/h3-4,9H,1-2,5-6H2;1-2H3;1H2/b7-4+;;. The van der Waals surface area contributed by atoms with Crippen LogP contribution in [0.15, 0.2) is 28.8 Å². The third kappa shape index (κ3) is 19.8. The lowest BCUT2D eigenvalue weighted by Crippen LogP contribution is -1.81. The second-order valence-electron chi connectivity index (χ2n) is 1.53. The molecule has 0 fully saturated rings. The minimum absolute atomic E-state index is 0.191. The van der Waals surface area contributed by atoms with Crippen LogP contribution >= 0.6 is 21.6 Å². The number of nitrogens with zero attached hydrogens (tertiary/aromatic N) is 1. The van der Waals surface area contributed by atoms with Gasteiger partial charge in [0.2, 0.25) is 0 Å². The maximum absolute atomic E-state index is 8.46. The number of aliphatic imine (C=N–C) groups is 1. The quantitative estimate of drug-likeness (QED) is 0.340. The lowest BCUT2D eigenvalue weighted by atomic mass is 10.6. The summed E-state index contributed by atoms with van der Waals surface area (Å²) in [5.74, 6) is 0.703. The van der Waals surface area contributed by atoms with Crippen LogP contribution in [0.5, 0.6) is 0 Å². The molecule has 1 N–H and O–H groups in total. The second kappa shape index (κ2) is 23.4. The van der Waals surface area contributed by atoms with Crippen molar-refractivity contribution in [2.45, 2.75) is 13.8 Å². The Morgan fingerprint density at radius 2 is 2.00 bits per heavy atom. The van der Waals surface area contributed by atoms with Crippen LogP contribution in [0, 0.1) is 0 Å². The van der Waals surface area contributed by atoms with Gasteiger partial charge in [-0.3, -0.25) is 4.99 Å². The zero-order valence-electron chi connectivity index (χ0n) is 9.31. The molecular weight excluding hydrogens is 230 g/mol. The lowest BCUT2D eigenvalue weighted by Gasteiger charge is -1.96. The molecule has 0 radical (unpaired) electrons. The van der Waals surface area contributed by atoms with Crippen LogP contribution in [-0.4, -0.2) is 31.0 Å². The van der Waals surface area contributed by atoms with Crippen molar-refractivity contribution in [3.8, 4) is 0 Å². The molecule has 0 aliphatic carbocycles. The van der Waals surface area contributed by atoms with Crippen molar-refractivity contribution >= 4 is 35.1 Å². The summed E-state index contributed by atoms with van der Waals surface area (Å²) in [6, 6.07) is 0. The highest BCUT2D eigenvalue weighted by molar-refractivity contribution is 8.78. The Bertz CT molecular complexity index is 173. The predicted molar refractivity (Wildman–Crippen MR) is 73.4 cm³/mol. The van der Waals surface area contributed by atoms with E-state index in [4.69, 9.17) is 9.90 Å². The number of aliphatic hydroxyl groups excluding tert-OH is 1. The molecule has 0 aromatic carbocycles. The molecule has 0 aromatic rings. The van der Waals surface area contributed by atoms with Crippen molar-refractivity contribution < 1.29 is 9.90 Å². The van der Waals surface area contributed by atoms with Crippen LogP contribution in [0.4, 0.5) is 0 Å². The summed E-state index contributed by atoms with van der Waals surface area (Å²) in [6.07, 6.45) is 3.44. The molecule has 0 heterocycles. The molecule has 0 amide bonds. The van der Waals surface area contributed by atoms with E-state index in [2.05, 4.69) is 18.3 Å². The number of hydrogen-bond donors (Lipinski definition) is 1. The molecule has 0 aromatic heterocycles. The fraction of sp³-hybridized carbons (Fsp3) is 0.400. The third-order valence-corrected chi connectivity index (χ3v) is 3.00. The number of carbonyl (C=O) groups is 1. The third-order valence-electron chi connectivity index (χ3n) is 0.735. The second-order valence-corrected chi connectivity index (χ2v) is 3.96. The van der Waals surface area contributed by atoms with Crippen molar-refractivity contribution in [3.05, 3.63) is 23.8 Å². The van der Waals surface area contributed by atoms with Gasteiger partial charge < -0.3 is 9.90 Å². The normalized spacial score (nSPS) is 8.87. The monoisotopic (exact) mass is 249 g/mol. The molecule has 3 nitrogen and oxygen atoms in total. The summed E-state index contributed by atoms with van der Waals surface area (Å²) in [5.41, 5.74) is 0. The summed E-state index contributed by atoms with van der Waals surface area (Å²) in [5, 5.41) is 9.28. The van der Waals surface area contributed by atoms with Gasteiger partial charge in [0.05, 0.1) is 6.61 Å². The zero-order valence-corrected chi connectivity index (χ0v) is 10.9. The first-order chi connectivity index (χ1) is 7.35. The molecule has 0 rings (SSSR count). The fourth-order valence-corrected chi connectivity index (χ4v) is 1.99. The van der Waals surface area contributed by atoms with Gasteiger partial charge in [0.15, 0.2) is 0 Å². The minimum Gasteiger partial charge on any atom is -0.395 e. The van der Waals surface area contributed by atoms with E-state index < -0.39 is 0 Å². The minimum atomic E-state index is 0.191. The van der Waals surface area contributed by atoms with Gasteiger partial charge in [-0.1, -0.05) is 37.3 Å². The molecule has 0 spiro atoms. The predicted octanol–water partition coefficient (Wildman–Crippen LogP) is 2.93. The van der Waals surface area contributed by atoms with E-state index in [0.29, 0.717) is 5.75 Å². The molecule has 0 unspecified atom stereocenters. The Hall–Kier alpha value is -0.520. The fourth-order valence-electron chi connectivity index (χ4n) is 0.347. The van der Waals surface area contributed by atoms with Gasteiger partial charge in [-0.05, 0) is 23.6 Å². The average Bonchev–Trinajstić information content (AvgIpc) is 2.33. The van der Waals surface area contributed by atoms with E-state index in [1.165, 1.54) is 10.8 Å². The maximum atomic E-state index is 8.46. The van der Waals surface area contributed by atoms with Gasteiger partial charge in [0, 0.05) is 5.75 Å². The van der Waals surface area contributed by atoms with Crippen molar-refractivity contribution in [1.82, 2.24) is 0 Å². The Balaban J connectivity index is -0.000000318. The largest absolute Gasteiger partial charge is 0.395 e. The molecule has 0 bridgehead atoms. The maximum Gasteiger partial charge on any atom is 0.106 e. The van der Waals surface area contributed by atoms with Crippen LogP contribution in [0.1, 0.15) is 13.8 Å². The first-order valence-electron chi connectivity index (χ1n) is 4.33. The van der Waals surface area contributed by atoms with Gasteiger partial charge >= 0.3 is 0 Å². The van der Waals surface area contributed by atoms with E-state index in [9.17, 15) is 0 Å². The summed E-state index contributed by atoms with van der Waals surface area (Å²) in [6.45, 7) is 13.1. The summed E-state index contributed by atoms with van der Waals surface area (Å²) < 4.78 is 0. The number of aliphatic hydroxyl groups is 1. The topological polar surface area (TPSA) is 49.7 Å². The first-order valence-corrected chi connectivity index (χ1v) is 6.65. The molecule has 0 saturated carbocycles. The number of rotatable bonds is 6. The Labute approximate surface area is 100 Å². The van der Waals surface area contributed by atoms with Gasteiger partial charge in [0.1, 0.15) is 11.8 Å². The number of allylic oxidation sites excluding steroid dienone is 2. The van der Waals surface area contributed by atoms with E-state index in [1.807, 2.05) is 20.6 Å². The summed E-state index contributed by atoms with van der Waals surface area (Å²) in [7, 11) is 3.03. The molecule has 0 aliphatic rings. The molecular formula is C10H19NO2S2. The van der Waals surface area contributed by atoms with Crippen molar-refractivity contribution in [3.63, 3.8) is 0 Å². The Morgan fingerprint density at radius 3 is 2.33 bits per heavy atom. The molecule has 15 heavy (non-hydrogen) atoms. The van der Waals surface area contributed by atoms with Crippen molar-refractivity contribution in [2.24, 2.45) is 4.99 Å². The van der Waals surface area contributed by atoms with Crippen molar-refractivity contribution in [1.29, 1.82) is 0 Å². The summed E-state index contributed by atoms with van der Waals surface area (Å²) in [4.78, 5) is 11.7. The highest BCUT2D eigenvalue weighted by Crippen LogP contribution is 2.29. The first kappa shape index (κ1) is 20.0. The van der Waals surface area contributed by atoms with E-state index >= 15 is 0 Å². The number of carbonyl (C=O) groups excluding carboxylic acids is 1. The molecule has 0 aliphatic heterocycles. The number of hydrogen-bond acceptors (Lipinski definition) is 5. The zero-order chi connectivity index (χ0) is 12.5.